The highest BCUT2D eigenvalue weighted by Crippen LogP contribution is 2.29. The fourth-order valence-corrected chi connectivity index (χ4v) is 5.68. The molecule has 5 nitrogen and oxygen atoms in total. The number of aryl methyl sites for hydroxylation is 1. The third-order valence-corrected chi connectivity index (χ3v) is 6.67. The van der Waals surface area contributed by atoms with Gasteiger partial charge in [-0.1, -0.05) is 6.92 Å². The minimum Gasteiger partial charge on any atom is -0.379 e. The van der Waals surface area contributed by atoms with Gasteiger partial charge in [0.2, 0.25) is 10.0 Å². The van der Waals surface area contributed by atoms with Gasteiger partial charge in [-0.2, -0.15) is 0 Å². The lowest BCUT2D eigenvalue weighted by Crippen LogP contribution is -2.46. The van der Waals surface area contributed by atoms with Gasteiger partial charge in [-0.15, -0.1) is 11.3 Å². The summed E-state index contributed by atoms with van der Waals surface area (Å²) in [6.45, 7) is 8.35. The van der Waals surface area contributed by atoms with Crippen molar-refractivity contribution in [3.8, 4) is 0 Å². The Hall–Kier alpha value is -0.470. The molecule has 0 amide bonds. The molecular formula is C14H24N2O3S2. The Labute approximate surface area is 131 Å². The first-order valence-electron chi connectivity index (χ1n) is 7.27. The monoisotopic (exact) mass is 332 g/mol. The van der Waals surface area contributed by atoms with Crippen LogP contribution >= 0.6 is 11.3 Å². The molecule has 1 aliphatic heterocycles. The lowest BCUT2D eigenvalue weighted by molar-refractivity contribution is 0.178. The number of hydrogen-bond donors (Lipinski definition) is 2. The molecule has 0 radical (unpaired) electrons. The van der Waals surface area contributed by atoms with Gasteiger partial charge in [-0.3, -0.25) is 0 Å². The second-order valence-electron chi connectivity index (χ2n) is 5.82. The van der Waals surface area contributed by atoms with Crippen molar-refractivity contribution >= 4 is 21.4 Å². The number of ether oxygens (including phenoxy) is 1. The van der Waals surface area contributed by atoms with Crippen LogP contribution in [-0.4, -0.2) is 33.7 Å². The fourth-order valence-electron chi connectivity index (χ4n) is 2.47. The molecular weight excluding hydrogens is 308 g/mol. The molecule has 0 aliphatic carbocycles. The SMILES string of the molecule is CCCNCc1scc(C)c1S(=O)(=O)NC1(C)CCOC1. The van der Waals surface area contributed by atoms with E-state index in [0.717, 1.165) is 23.4 Å². The minimum atomic E-state index is -3.52. The molecule has 1 aromatic heterocycles. The molecule has 1 atom stereocenters. The highest BCUT2D eigenvalue weighted by Gasteiger charge is 2.36. The van der Waals surface area contributed by atoms with Gasteiger partial charge in [0.05, 0.1) is 12.1 Å². The summed E-state index contributed by atoms with van der Waals surface area (Å²) in [4.78, 5) is 1.31. The van der Waals surface area contributed by atoms with Crippen LogP contribution < -0.4 is 10.0 Å². The molecule has 0 spiro atoms. The molecule has 1 aliphatic rings. The van der Waals surface area contributed by atoms with E-state index in [1.807, 2.05) is 19.2 Å². The maximum atomic E-state index is 12.7. The van der Waals surface area contributed by atoms with Gasteiger partial charge in [-0.25, -0.2) is 13.1 Å². The van der Waals surface area contributed by atoms with Gasteiger partial charge in [-0.05, 0) is 44.2 Å². The first-order chi connectivity index (χ1) is 9.88. The third kappa shape index (κ3) is 4.04. The van der Waals surface area contributed by atoms with Crippen LogP contribution in [0.25, 0.3) is 0 Å². The fraction of sp³-hybridized carbons (Fsp3) is 0.714. The van der Waals surface area contributed by atoms with Crippen LogP contribution in [0.4, 0.5) is 0 Å². The summed E-state index contributed by atoms with van der Waals surface area (Å²) in [7, 11) is -3.52. The topological polar surface area (TPSA) is 67.4 Å². The first-order valence-corrected chi connectivity index (χ1v) is 9.64. The summed E-state index contributed by atoms with van der Waals surface area (Å²) in [5.41, 5.74) is 0.310. The summed E-state index contributed by atoms with van der Waals surface area (Å²) in [5.74, 6) is 0. The Morgan fingerprint density at radius 1 is 1.48 bits per heavy atom. The Morgan fingerprint density at radius 3 is 2.86 bits per heavy atom. The van der Waals surface area contributed by atoms with Crippen LogP contribution in [0, 0.1) is 6.92 Å². The molecule has 1 aromatic rings. The maximum absolute atomic E-state index is 12.7. The molecule has 0 aromatic carbocycles. The quantitative estimate of drug-likeness (QED) is 0.750. The zero-order chi connectivity index (χ0) is 15.5. The predicted molar refractivity (Wildman–Crippen MR) is 85.2 cm³/mol. The Morgan fingerprint density at radius 2 is 2.24 bits per heavy atom. The van der Waals surface area contributed by atoms with Gasteiger partial charge >= 0.3 is 0 Å². The summed E-state index contributed by atoms with van der Waals surface area (Å²) in [5, 5.41) is 5.18. The largest absolute Gasteiger partial charge is 0.379 e. The summed E-state index contributed by atoms with van der Waals surface area (Å²) in [6, 6.07) is 0. The van der Waals surface area contributed by atoms with Crippen LogP contribution in [0.1, 0.15) is 37.1 Å². The van der Waals surface area contributed by atoms with E-state index in [-0.39, 0.29) is 0 Å². The second kappa shape index (κ2) is 6.75. The van der Waals surface area contributed by atoms with Crippen LogP contribution in [-0.2, 0) is 21.3 Å². The van der Waals surface area contributed by atoms with Gasteiger partial charge in [0.15, 0.2) is 0 Å². The van der Waals surface area contributed by atoms with Gasteiger partial charge in [0, 0.05) is 18.0 Å². The molecule has 1 unspecified atom stereocenters. The van der Waals surface area contributed by atoms with Crippen molar-refractivity contribution in [2.24, 2.45) is 0 Å². The lowest BCUT2D eigenvalue weighted by Gasteiger charge is -2.23. The van der Waals surface area contributed by atoms with E-state index in [1.165, 1.54) is 11.3 Å². The normalized spacial score (nSPS) is 22.8. The molecule has 0 bridgehead atoms. The van der Waals surface area contributed by atoms with Gasteiger partial charge in [0.1, 0.15) is 4.90 Å². The van der Waals surface area contributed by atoms with E-state index in [1.54, 1.807) is 0 Å². The van der Waals surface area contributed by atoms with E-state index in [2.05, 4.69) is 17.0 Å². The number of sulfonamides is 1. The van der Waals surface area contributed by atoms with Crippen molar-refractivity contribution in [1.29, 1.82) is 0 Å². The molecule has 2 rings (SSSR count). The maximum Gasteiger partial charge on any atom is 0.242 e. The highest BCUT2D eigenvalue weighted by atomic mass is 32.2. The van der Waals surface area contributed by atoms with Gasteiger partial charge < -0.3 is 10.1 Å². The van der Waals surface area contributed by atoms with E-state index in [9.17, 15) is 8.42 Å². The van der Waals surface area contributed by atoms with Crippen molar-refractivity contribution in [1.82, 2.24) is 10.0 Å². The Kier molecular flexibility index (Phi) is 5.43. The summed E-state index contributed by atoms with van der Waals surface area (Å²) >= 11 is 1.50. The molecule has 1 saturated heterocycles. The molecule has 7 heteroatoms. The standard InChI is InChI=1S/C14H24N2O3S2/c1-4-6-15-8-12-13(11(2)9-20-12)21(17,18)16-14(3)5-7-19-10-14/h9,15-16H,4-8,10H2,1-3H3. The van der Waals surface area contributed by atoms with E-state index in [4.69, 9.17) is 4.74 Å². The van der Waals surface area contributed by atoms with Crippen molar-refractivity contribution in [3.05, 3.63) is 15.8 Å². The lowest BCUT2D eigenvalue weighted by atomic mass is 10.0. The van der Waals surface area contributed by atoms with E-state index < -0.39 is 15.6 Å². The number of hydrogen-bond acceptors (Lipinski definition) is 5. The molecule has 0 saturated carbocycles. The van der Waals surface area contributed by atoms with E-state index >= 15 is 0 Å². The van der Waals surface area contributed by atoms with Crippen molar-refractivity contribution in [2.75, 3.05) is 19.8 Å². The molecule has 120 valence electrons. The predicted octanol–water partition coefficient (Wildman–Crippen LogP) is 2.01. The van der Waals surface area contributed by atoms with Crippen molar-refractivity contribution in [3.63, 3.8) is 0 Å². The molecule has 2 N–H and O–H groups in total. The van der Waals surface area contributed by atoms with Crippen molar-refractivity contribution < 1.29 is 13.2 Å². The summed E-state index contributed by atoms with van der Waals surface area (Å²) < 4.78 is 33.6. The van der Waals surface area contributed by atoms with Crippen LogP contribution in [0.2, 0.25) is 0 Å². The third-order valence-electron chi connectivity index (χ3n) is 3.57. The number of rotatable bonds is 7. The second-order valence-corrected chi connectivity index (χ2v) is 8.40. The smallest absolute Gasteiger partial charge is 0.242 e. The Balaban J connectivity index is 2.20. The minimum absolute atomic E-state index is 0.429. The molecule has 1 fully saturated rings. The van der Waals surface area contributed by atoms with Crippen molar-refractivity contribution in [2.45, 2.75) is 50.6 Å². The zero-order valence-electron chi connectivity index (χ0n) is 12.9. The first kappa shape index (κ1) is 16.9. The average Bonchev–Trinajstić information content (AvgIpc) is 2.96. The van der Waals surface area contributed by atoms with E-state index in [0.29, 0.717) is 31.1 Å². The highest BCUT2D eigenvalue weighted by molar-refractivity contribution is 7.89. The van der Waals surface area contributed by atoms with Crippen LogP contribution in [0.5, 0.6) is 0 Å². The van der Waals surface area contributed by atoms with Crippen LogP contribution in [0.15, 0.2) is 10.3 Å². The zero-order valence-corrected chi connectivity index (χ0v) is 14.5. The summed E-state index contributed by atoms with van der Waals surface area (Å²) in [6.07, 6.45) is 1.74. The molecule has 21 heavy (non-hydrogen) atoms. The van der Waals surface area contributed by atoms with Gasteiger partial charge in [0.25, 0.3) is 0 Å². The average molecular weight is 332 g/mol. The van der Waals surface area contributed by atoms with Crippen LogP contribution in [0.3, 0.4) is 0 Å². The Bertz CT molecular complexity index is 575. The number of thiophene rings is 1. The number of nitrogens with one attached hydrogen (secondary N) is 2. The molecule has 2 heterocycles.